The molecule has 2 aliphatic rings. The molecular weight excluding hydrogens is 550 g/mol. The normalized spacial score (nSPS) is 19.1. The van der Waals surface area contributed by atoms with Gasteiger partial charge in [0, 0.05) is 19.6 Å². The van der Waals surface area contributed by atoms with Crippen LogP contribution < -0.4 is 15.0 Å². The van der Waals surface area contributed by atoms with Crippen LogP contribution in [0.25, 0.3) is 10.8 Å². The number of amides is 2. The summed E-state index contributed by atoms with van der Waals surface area (Å²) in [5, 5.41) is 4.75. The molecule has 1 saturated heterocycles. The molecule has 1 fully saturated rings. The maximum Gasteiger partial charge on any atom is 0.262 e. The first-order chi connectivity index (χ1) is 20.4. The second-order valence-electron chi connectivity index (χ2n) is 10.8. The number of carbonyl (C=O) groups excluding carboxylic acids is 2. The Morgan fingerprint density at radius 2 is 1.60 bits per heavy atom. The van der Waals surface area contributed by atoms with Crippen molar-refractivity contribution in [2.45, 2.75) is 30.3 Å². The molecule has 0 aromatic heterocycles. The highest BCUT2D eigenvalue weighted by Crippen LogP contribution is 2.36. The second-order valence-corrected chi connectivity index (χ2v) is 12.7. The minimum absolute atomic E-state index is 0.0565. The molecule has 0 radical (unpaired) electrons. The molecule has 2 heterocycles. The maximum absolute atomic E-state index is 14.0. The Morgan fingerprint density at radius 1 is 0.857 bits per heavy atom. The van der Waals surface area contributed by atoms with Crippen molar-refractivity contribution in [3.8, 4) is 5.75 Å². The van der Waals surface area contributed by atoms with E-state index in [2.05, 4.69) is 5.32 Å². The lowest BCUT2D eigenvalue weighted by molar-refractivity contribution is -0.129. The third kappa shape index (κ3) is 5.75. The summed E-state index contributed by atoms with van der Waals surface area (Å²) in [6, 6.07) is 29.8. The van der Waals surface area contributed by atoms with Crippen LogP contribution in [0.3, 0.4) is 0 Å². The fourth-order valence-electron chi connectivity index (χ4n) is 5.73. The van der Waals surface area contributed by atoms with Crippen molar-refractivity contribution in [3.05, 3.63) is 103 Å². The highest BCUT2D eigenvalue weighted by atomic mass is 32.2. The predicted octanol–water partition coefficient (Wildman–Crippen LogP) is 4.39. The smallest absolute Gasteiger partial charge is 0.262 e. The third-order valence-corrected chi connectivity index (χ3v) is 9.84. The van der Waals surface area contributed by atoms with Crippen LogP contribution in [0.5, 0.6) is 5.75 Å². The lowest BCUT2D eigenvalue weighted by Crippen LogP contribution is -2.54. The van der Waals surface area contributed by atoms with Gasteiger partial charge in [-0.15, -0.1) is 0 Å². The van der Waals surface area contributed by atoms with Gasteiger partial charge in [-0.05, 0) is 59.9 Å². The van der Waals surface area contributed by atoms with E-state index in [9.17, 15) is 18.0 Å². The summed E-state index contributed by atoms with van der Waals surface area (Å²) < 4.78 is 34.7. The Labute approximate surface area is 245 Å². The molecule has 4 aromatic rings. The van der Waals surface area contributed by atoms with Gasteiger partial charge >= 0.3 is 0 Å². The Morgan fingerprint density at radius 3 is 2.43 bits per heavy atom. The van der Waals surface area contributed by atoms with Crippen LogP contribution in [-0.2, 0) is 26.0 Å². The van der Waals surface area contributed by atoms with E-state index in [1.54, 1.807) is 35.2 Å². The largest absolute Gasteiger partial charge is 0.477 e. The highest BCUT2D eigenvalue weighted by Gasteiger charge is 2.39. The van der Waals surface area contributed by atoms with Gasteiger partial charge in [0.05, 0.1) is 23.0 Å². The van der Waals surface area contributed by atoms with E-state index in [1.807, 2.05) is 66.7 Å². The van der Waals surface area contributed by atoms with Crippen molar-refractivity contribution in [2.75, 3.05) is 31.1 Å². The van der Waals surface area contributed by atoms with Gasteiger partial charge in [-0.2, -0.15) is 4.31 Å². The quantitative estimate of drug-likeness (QED) is 0.348. The molecule has 6 rings (SSSR count). The number of carbonyl (C=O) groups is 2. The van der Waals surface area contributed by atoms with Crippen LogP contribution in [0.1, 0.15) is 18.4 Å². The molecule has 2 atom stereocenters. The topological polar surface area (TPSA) is 96.0 Å². The number of para-hydroxylation sites is 2. The fourth-order valence-corrected chi connectivity index (χ4v) is 7.29. The molecule has 0 aliphatic carbocycles. The Balaban J connectivity index is 1.17. The number of nitrogens with zero attached hydrogens (tertiary/aromatic N) is 2. The van der Waals surface area contributed by atoms with Gasteiger partial charge in [-0.3, -0.25) is 9.59 Å². The Bertz CT molecular complexity index is 1710. The summed E-state index contributed by atoms with van der Waals surface area (Å²) in [7, 11) is -3.79. The molecule has 2 amide bonds. The lowest BCUT2D eigenvalue weighted by atomic mass is 9.97. The van der Waals surface area contributed by atoms with Gasteiger partial charge in [-0.1, -0.05) is 72.8 Å². The van der Waals surface area contributed by atoms with Crippen LogP contribution in [0.2, 0.25) is 0 Å². The van der Waals surface area contributed by atoms with Crippen LogP contribution in [0.4, 0.5) is 5.69 Å². The highest BCUT2D eigenvalue weighted by molar-refractivity contribution is 7.89. The van der Waals surface area contributed by atoms with Crippen LogP contribution >= 0.6 is 0 Å². The second kappa shape index (κ2) is 12.0. The van der Waals surface area contributed by atoms with E-state index in [-0.39, 0.29) is 29.8 Å². The molecule has 0 bridgehead atoms. The summed E-state index contributed by atoms with van der Waals surface area (Å²) in [5.74, 6) is -0.577. The number of benzene rings is 4. The number of fused-ring (bicyclic) bond motifs is 2. The van der Waals surface area contributed by atoms with Crippen molar-refractivity contribution >= 4 is 38.3 Å². The van der Waals surface area contributed by atoms with Crippen molar-refractivity contribution < 1.29 is 22.7 Å². The average Bonchev–Trinajstić information content (AvgIpc) is 3.04. The summed E-state index contributed by atoms with van der Waals surface area (Å²) in [5.41, 5.74) is 1.70. The molecule has 0 unspecified atom stereocenters. The first-order valence-electron chi connectivity index (χ1n) is 14.3. The van der Waals surface area contributed by atoms with E-state index in [1.165, 1.54) is 4.31 Å². The van der Waals surface area contributed by atoms with Crippen molar-refractivity contribution in [1.82, 2.24) is 9.62 Å². The molecule has 4 aromatic carbocycles. The minimum Gasteiger partial charge on any atom is -0.477 e. The molecule has 8 nitrogen and oxygen atoms in total. The SMILES string of the molecule is O=C(NCCc1ccccc1)[C@@H]1CN(C(=O)[C@H]2CCCN(S(=O)(=O)c3ccc4ccccc4c3)C2)c2ccccc2O1. The van der Waals surface area contributed by atoms with Gasteiger partial charge in [0.25, 0.3) is 5.91 Å². The first kappa shape index (κ1) is 27.9. The van der Waals surface area contributed by atoms with E-state index >= 15 is 0 Å². The molecule has 42 heavy (non-hydrogen) atoms. The number of ether oxygens (including phenoxy) is 1. The van der Waals surface area contributed by atoms with Gasteiger partial charge in [0.15, 0.2) is 6.10 Å². The van der Waals surface area contributed by atoms with E-state index in [0.29, 0.717) is 43.8 Å². The van der Waals surface area contributed by atoms with Crippen LogP contribution in [0, 0.1) is 5.92 Å². The minimum atomic E-state index is -3.79. The first-order valence-corrected chi connectivity index (χ1v) is 15.7. The predicted molar refractivity (Wildman–Crippen MR) is 162 cm³/mol. The standard InChI is InChI=1S/C33H33N3O5S/c37-32(34-19-18-24-9-2-1-3-10-24)31-23-36(29-14-6-7-15-30(29)41-31)33(38)27-13-8-20-35(22-27)42(39,40)28-17-16-25-11-4-5-12-26(25)21-28/h1-7,9-12,14-17,21,27,31H,8,13,18-20,22-23H2,(H,34,37)/t27-,31-/m0/s1. The molecule has 0 spiro atoms. The van der Waals surface area contributed by atoms with Crippen molar-refractivity contribution in [2.24, 2.45) is 5.92 Å². The average molecular weight is 584 g/mol. The number of piperidine rings is 1. The van der Waals surface area contributed by atoms with E-state index in [0.717, 1.165) is 16.3 Å². The third-order valence-electron chi connectivity index (χ3n) is 7.98. The fraction of sp³-hybridized carbons (Fsp3) is 0.273. The van der Waals surface area contributed by atoms with Crippen molar-refractivity contribution in [1.29, 1.82) is 0 Å². The molecule has 1 N–H and O–H groups in total. The summed E-state index contributed by atoms with van der Waals surface area (Å²) in [4.78, 5) is 28.9. The lowest BCUT2D eigenvalue weighted by Gasteiger charge is -2.38. The van der Waals surface area contributed by atoms with Gasteiger partial charge < -0.3 is 15.0 Å². The molecule has 216 valence electrons. The van der Waals surface area contributed by atoms with Gasteiger partial charge in [0.1, 0.15) is 5.75 Å². The zero-order chi connectivity index (χ0) is 29.1. The Kier molecular flexibility index (Phi) is 7.95. The number of hydrogen-bond donors (Lipinski definition) is 1. The summed E-state index contributed by atoms with van der Waals surface area (Å²) >= 11 is 0. The molecule has 9 heteroatoms. The van der Waals surface area contributed by atoms with Gasteiger partial charge in [0.2, 0.25) is 15.9 Å². The zero-order valence-corrected chi connectivity index (χ0v) is 24.0. The maximum atomic E-state index is 14.0. The monoisotopic (exact) mass is 583 g/mol. The number of hydrogen-bond acceptors (Lipinski definition) is 5. The number of anilines is 1. The molecule has 2 aliphatic heterocycles. The number of nitrogens with one attached hydrogen (secondary N) is 1. The van der Waals surface area contributed by atoms with E-state index < -0.39 is 22.0 Å². The zero-order valence-electron chi connectivity index (χ0n) is 23.2. The van der Waals surface area contributed by atoms with Crippen LogP contribution in [-0.4, -0.2) is 56.8 Å². The van der Waals surface area contributed by atoms with Gasteiger partial charge in [-0.25, -0.2) is 8.42 Å². The van der Waals surface area contributed by atoms with Crippen molar-refractivity contribution in [3.63, 3.8) is 0 Å². The Hall–Kier alpha value is -4.21. The number of rotatable bonds is 7. The summed E-state index contributed by atoms with van der Waals surface area (Å²) in [6.07, 6.45) is 0.942. The summed E-state index contributed by atoms with van der Waals surface area (Å²) in [6.45, 7) is 0.940. The number of sulfonamides is 1. The van der Waals surface area contributed by atoms with Crippen LogP contribution in [0.15, 0.2) is 102 Å². The molecule has 0 saturated carbocycles. The van der Waals surface area contributed by atoms with E-state index in [4.69, 9.17) is 4.74 Å². The molecular formula is C33H33N3O5S.